The first-order valence-corrected chi connectivity index (χ1v) is 5.53. The average molecular weight is 184 g/mol. The Morgan fingerprint density at radius 3 is 2.54 bits per heavy atom. The Morgan fingerprint density at radius 2 is 2.15 bits per heavy atom. The van der Waals surface area contributed by atoms with Crippen LogP contribution in [0.1, 0.15) is 40.0 Å². The average Bonchev–Trinajstić information content (AvgIpc) is 2.68. The summed E-state index contributed by atoms with van der Waals surface area (Å²) >= 11 is 0. The van der Waals surface area contributed by atoms with Crippen molar-refractivity contribution in [3.8, 4) is 0 Å². The van der Waals surface area contributed by atoms with Gasteiger partial charge in [0.15, 0.2) is 0 Å². The molecule has 0 amide bonds. The minimum absolute atomic E-state index is 0.560. The molecule has 2 nitrogen and oxygen atoms in total. The van der Waals surface area contributed by atoms with Crippen molar-refractivity contribution in [2.75, 3.05) is 13.1 Å². The molecule has 1 rings (SSSR count). The van der Waals surface area contributed by atoms with Crippen molar-refractivity contribution in [3.63, 3.8) is 0 Å². The van der Waals surface area contributed by atoms with Crippen LogP contribution in [0.25, 0.3) is 0 Å². The third-order valence-electron chi connectivity index (χ3n) is 3.37. The molecule has 13 heavy (non-hydrogen) atoms. The largest absolute Gasteiger partial charge is 0.330 e. The minimum atomic E-state index is 0.560. The Labute approximate surface area is 82.3 Å². The fraction of sp³-hybridized carbons (Fsp3) is 1.00. The van der Waals surface area contributed by atoms with Crippen LogP contribution in [0.15, 0.2) is 0 Å². The summed E-state index contributed by atoms with van der Waals surface area (Å²) < 4.78 is 0. The summed E-state index contributed by atoms with van der Waals surface area (Å²) in [5, 5.41) is 3.59. The molecule has 0 heterocycles. The van der Waals surface area contributed by atoms with Crippen LogP contribution < -0.4 is 11.1 Å². The first-order chi connectivity index (χ1) is 6.10. The van der Waals surface area contributed by atoms with Gasteiger partial charge in [-0.3, -0.25) is 0 Å². The second-order valence-electron chi connectivity index (χ2n) is 5.00. The van der Waals surface area contributed by atoms with Crippen molar-refractivity contribution in [3.05, 3.63) is 0 Å². The van der Waals surface area contributed by atoms with Gasteiger partial charge in [0.25, 0.3) is 0 Å². The smallest absolute Gasteiger partial charge is 0.0124 e. The Balaban J connectivity index is 2.01. The van der Waals surface area contributed by atoms with Gasteiger partial charge in [-0.2, -0.15) is 0 Å². The van der Waals surface area contributed by atoms with Crippen LogP contribution in [-0.2, 0) is 0 Å². The van der Waals surface area contributed by atoms with E-state index in [9.17, 15) is 0 Å². The molecule has 1 aliphatic carbocycles. The highest BCUT2D eigenvalue weighted by molar-refractivity contribution is 5.01. The summed E-state index contributed by atoms with van der Waals surface area (Å²) in [5.41, 5.74) is 6.20. The van der Waals surface area contributed by atoms with Gasteiger partial charge in [0.2, 0.25) is 0 Å². The molecule has 0 aliphatic heterocycles. The molecule has 0 saturated heterocycles. The predicted octanol–water partition coefficient (Wildman–Crippen LogP) is 1.75. The molecule has 0 spiro atoms. The zero-order chi connectivity index (χ0) is 9.90. The number of nitrogens with two attached hydrogens (primary N) is 1. The highest BCUT2D eigenvalue weighted by atomic mass is 15.0. The van der Waals surface area contributed by atoms with Crippen LogP contribution in [0.5, 0.6) is 0 Å². The van der Waals surface area contributed by atoms with E-state index >= 15 is 0 Å². The van der Waals surface area contributed by atoms with E-state index in [0.717, 1.165) is 25.0 Å². The van der Waals surface area contributed by atoms with Gasteiger partial charge in [-0.05, 0) is 37.3 Å². The molecule has 3 N–H and O–H groups in total. The SMILES string of the molecule is CCC(CN)CCNC1CC1(C)C. The fourth-order valence-electron chi connectivity index (χ4n) is 1.77. The first kappa shape index (κ1) is 11.0. The number of hydrogen-bond donors (Lipinski definition) is 2. The van der Waals surface area contributed by atoms with Crippen molar-refractivity contribution >= 4 is 0 Å². The lowest BCUT2D eigenvalue weighted by molar-refractivity contribution is 0.445. The fourth-order valence-corrected chi connectivity index (χ4v) is 1.77. The second kappa shape index (κ2) is 4.43. The molecule has 0 radical (unpaired) electrons. The zero-order valence-corrected chi connectivity index (χ0v) is 9.27. The summed E-state index contributed by atoms with van der Waals surface area (Å²) in [6.07, 6.45) is 3.79. The molecular formula is C11H24N2. The van der Waals surface area contributed by atoms with Gasteiger partial charge in [-0.25, -0.2) is 0 Å². The third kappa shape index (κ3) is 3.28. The third-order valence-corrected chi connectivity index (χ3v) is 3.37. The van der Waals surface area contributed by atoms with Gasteiger partial charge in [-0.15, -0.1) is 0 Å². The lowest BCUT2D eigenvalue weighted by Crippen LogP contribution is -2.25. The van der Waals surface area contributed by atoms with Crippen molar-refractivity contribution in [1.82, 2.24) is 5.32 Å². The normalized spacial score (nSPS) is 27.2. The van der Waals surface area contributed by atoms with Crippen molar-refractivity contribution in [2.24, 2.45) is 17.1 Å². The van der Waals surface area contributed by atoms with Crippen LogP contribution in [0.4, 0.5) is 0 Å². The van der Waals surface area contributed by atoms with E-state index in [1.807, 2.05) is 0 Å². The van der Waals surface area contributed by atoms with Crippen LogP contribution in [0.3, 0.4) is 0 Å². The zero-order valence-electron chi connectivity index (χ0n) is 9.27. The number of hydrogen-bond acceptors (Lipinski definition) is 2. The maximum absolute atomic E-state index is 5.64. The van der Waals surface area contributed by atoms with Crippen LogP contribution in [-0.4, -0.2) is 19.1 Å². The monoisotopic (exact) mass is 184 g/mol. The molecule has 2 unspecified atom stereocenters. The molecule has 2 heteroatoms. The van der Waals surface area contributed by atoms with Gasteiger partial charge in [0.05, 0.1) is 0 Å². The topological polar surface area (TPSA) is 38.0 Å². The maximum Gasteiger partial charge on any atom is 0.0124 e. The van der Waals surface area contributed by atoms with E-state index < -0.39 is 0 Å². The van der Waals surface area contributed by atoms with Crippen LogP contribution >= 0.6 is 0 Å². The van der Waals surface area contributed by atoms with Crippen molar-refractivity contribution in [2.45, 2.75) is 46.1 Å². The highest BCUT2D eigenvalue weighted by Crippen LogP contribution is 2.44. The summed E-state index contributed by atoms with van der Waals surface area (Å²) in [5.74, 6) is 0.717. The summed E-state index contributed by atoms with van der Waals surface area (Å²) in [6.45, 7) is 8.85. The Hall–Kier alpha value is -0.0800. The van der Waals surface area contributed by atoms with Crippen LogP contribution in [0, 0.1) is 11.3 Å². The van der Waals surface area contributed by atoms with Gasteiger partial charge in [0, 0.05) is 6.04 Å². The van der Waals surface area contributed by atoms with Crippen molar-refractivity contribution < 1.29 is 0 Å². The van der Waals surface area contributed by atoms with Gasteiger partial charge < -0.3 is 11.1 Å². The standard InChI is InChI=1S/C11H24N2/c1-4-9(8-12)5-6-13-10-7-11(10,2)3/h9-10,13H,4-8,12H2,1-3H3. The van der Waals surface area contributed by atoms with Gasteiger partial charge in [-0.1, -0.05) is 27.2 Å². The van der Waals surface area contributed by atoms with E-state index in [2.05, 4.69) is 26.1 Å². The number of nitrogens with one attached hydrogen (secondary N) is 1. The van der Waals surface area contributed by atoms with Crippen LogP contribution in [0.2, 0.25) is 0 Å². The molecule has 0 aromatic heterocycles. The molecule has 1 fully saturated rings. The van der Waals surface area contributed by atoms with E-state index in [1.54, 1.807) is 0 Å². The lowest BCUT2D eigenvalue weighted by Gasteiger charge is -2.12. The number of rotatable bonds is 6. The molecule has 78 valence electrons. The van der Waals surface area contributed by atoms with Gasteiger partial charge >= 0.3 is 0 Å². The Morgan fingerprint density at radius 1 is 1.54 bits per heavy atom. The quantitative estimate of drug-likeness (QED) is 0.660. The van der Waals surface area contributed by atoms with E-state index in [-0.39, 0.29) is 0 Å². The summed E-state index contributed by atoms with van der Waals surface area (Å²) in [7, 11) is 0. The van der Waals surface area contributed by atoms with E-state index in [0.29, 0.717) is 5.41 Å². The van der Waals surface area contributed by atoms with Gasteiger partial charge in [0.1, 0.15) is 0 Å². The Kier molecular flexibility index (Phi) is 3.74. The summed E-state index contributed by atoms with van der Waals surface area (Å²) in [4.78, 5) is 0. The lowest BCUT2D eigenvalue weighted by atomic mass is 10.0. The molecule has 0 bridgehead atoms. The molecule has 2 atom stereocenters. The molecular weight excluding hydrogens is 160 g/mol. The molecule has 1 aliphatic rings. The van der Waals surface area contributed by atoms with Crippen molar-refractivity contribution in [1.29, 1.82) is 0 Å². The van der Waals surface area contributed by atoms with E-state index in [4.69, 9.17) is 5.73 Å². The highest BCUT2D eigenvalue weighted by Gasteiger charge is 2.44. The molecule has 1 saturated carbocycles. The maximum atomic E-state index is 5.64. The predicted molar refractivity (Wildman–Crippen MR) is 57.6 cm³/mol. The summed E-state index contributed by atoms with van der Waals surface area (Å²) in [6, 6.07) is 0.766. The first-order valence-electron chi connectivity index (χ1n) is 5.53. The minimum Gasteiger partial charge on any atom is -0.330 e. The molecule has 0 aromatic carbocycles. The van der Waals surface area contributed by atoms with E-state index in [1.165, 1.54) is 19.3 Å². The second-order valence-corrected chi connectivity index (χ2v) is 5.00. The Bertz CT molecular complexity index is 148. The molecule has 0 aromatic rings.